The number of hydrogen-bond acceptors (Lipinski definition) is 5. The van der Waals surface area contributed by atoms with E-state index in [-0.39, 0.29) is 18.0 Å². The summed E-state index contributed by atoms with van der Waals surface area (Å²) < 4.78 is 25.0. The number of carbonyl (C=O) groups excluding carboxylic acids is 1. The van der Waals surface area contributed by atoms with Crippen molar-refractivity contribution in [1.29, 1.82) is 0 Å². The topological polar surface area (TPSA) is 130 Å². The zero-order chi connectivity index (χ0) is 14.5. The molecule has 0 radical (unpaired) electrons. The van der Waals surface area contributed by atoms with Crippen LogP contribution >= 0.6 is 0 Å². The SMILES string of the molecule is CCNS(=O)(=O)CCNC(=O)c1n[nH]c(CC)c1N. The largest absolute Gasteiger partial charge is 0.395 e. The molecule has 0 aliphatic heterocycles. The Morgan fingerprint density at radius 2 is 2.11 bits per heavy atom. The third kappa shape index (κ3) is 4.21. The molecule has 0 aliphatic carbocycles. The summed E-state index contributed by atoms with van der Waals surface area (Å²) in [4.78, 5) is 11.7. The van der Waals surface area contributed by atoms with Crippen LogP contribution in [0.15, 0.2) is 0 Å². The van der Waals surface area contributed by atoms with E-state index in [9.17, 15) is 13.2 Å². The second-order valence-electron chi connectivity index (χ2n) is 3.89. The van der Waals surface area contributed by atoms with E-state index in [4.69, 9.17) is 5.73 Å². The summed E-state index contributed by atoms with van der Waals surface area (Å²) in [5.41, 5.74) is 6.82. The van der Waals surface area contributed by atoms with Crippen LogP contribution in [0.5, 0.6) is 0 Å². The predicted octanol–water partition coefficient (Wildman–Crippen LogP) is -0.777. The zero-order valence-electron chi connectivity index (χ0n) is 11.0. The third-order valence-electron chi connectivity index (χ3n) is 2.47. The van der Waals surface area contributed by atoms with Crippen molar-refractivity contribution >= 4 is 21.6 Å². The maximum absolute atomic E-state index is 11.7. The number of hydrogen-bond donors (Lipinski definition) is 4. The van der Waals surface area contributed by atoms with E-state index in [2.05, 4.69) is 20.2 Å². The van der Waals surface area contributed by atoms with Crippen molar-refractivity contribution in [2.45, 2.75) is 20.3 Å². The fourth-order valence-electron chi connectivity index (χ4n) is 1.50. The first-order valence-electron chi connectivity index (χ1n) is 5.99. The molecule has 1 aromatic heterocycles. The lowest BCUT2D eigenvalue weighted by atomic mass is 10.2. The number of rotatable bonds is 7. The lowest BCUT2D eigenvalue weighted by Crippen LogP contribution is -2.34. The Kier molecular flexibility index (Phi) is 5.31. The monoisotopic (exact) mass is 289 g/mol. The average Bonchev–Trinajstić information content (AvgIpc) is 2.69. The van der Waals surface area contributed by atoms with Gasteiger partial charge in [0.05, 0.1) is 17.1 Å². The number of aromatic nitrogens is 2. The highest BCUT2D eigenvalue weighted by Gasteiger charge is 2.17. The molecule has 0 unspecified atom stereocenters. The number of nitrogens with one attached hydrogen (secondary N) is 3. The number of nitrogen functional groups attached to an aromatic ring is 1. The van der Waals surface area contributed by atoms with Gasteiger partial charge in [0.15, 0.2) is 5.69 Å². The molecule has 0 fully saturated rings. The van der Waals surface area contributed by atoms with Crippen molar-refractivity contribution in [1.82, 2.24) is 20.2 Å². The molecule has 19 heavy (non-hydrogen) atoms. The number of carbonyl (C=O) groups is 1. The van der Waals surface area contributed by atoms with Crippen LogP contribution in [0.2, 0.25) is 0 Å². The molecule has 1 amide bonds. The molecule has 0 bridgehead atoms. The van der Waals surface area contributed by atoms with E-state index in [0.717, 1.165) is 0 Å². The van der Waals surface area contributed by atoms with Gasteiger partial charge in [-0.15, -0.1) is 0 Å². The molecule has 1 aromatic rings. The van der Waals surface area contributed by atoms with Gasteiger partial charge in [-0.2, -0.15) is 5.10 Å². The summed E-state index contributed by atoms with van der Waals surface area (Å²) >= 11 is 0. The molecule has 0 aromatic carbocycles. The van der Waals surface area contributed by atoms with E-state index in [0.29, 0.717) is 24.3 Å². The Morgan fingerprint density at radius 3 is 2.63 bits per heavy atom. The molecule has 1 heterocycles. The van der Waals surface area contributed by atoms with E-state index in [1.54, 1.807) is 6.92 Å². The Morgan fingerprint density at radius 1 is 1.42 bits per heavy atom. The number of aryl methyl sites for hydroxylation is 1. The number of sulfonamides is 1. The van der Waals surface area contributed by atoms with E-state index < -0.39 is 15.9 Å². The van der Waals surface area contributed by atoms with Crippen molar-refractivity contribution < 1.29 is 13.2 Å². The molecule has 9 heteroatoms. The van der Waals surface area contributed by atoms with Crippen molar-refractivity contribution in [3.05, 3.63) is 11.4 Å². The highest BCUT2D eigenvalue weighted by atomic mass is 32.2. The summed E-state index contributed by atoms with van der Waals surface area (Å²) in [5.74, 6) is -0.669. The summed E-state index contributed by atoms with van der Waals surface area (Å²) in [6, 6.07) is 0. The van der Waals surface area contributed by atoms with Crippen LogP contribution in [0.3, 0.4) is 0 Å². The lowest BCUT2D eigenvalue weighted by molar-refractivity contribution is 0.0952. The molecule has 5 N–H and O–H groups in total. The Hall–Kier alpha value is -1.61. The normalized spacial score (nSPS) is 11.5. The van der Waals surface area contributed by atoms with E-state index in [1.807, 2.05) is 6.92 Å². The number of nitrogens with zero attached hydrogens (tertiary/aromatic N) is 1. The number of H-pyrrole nitrogens is 1. The zero-order valence-corrected chi connectivity index (χ0v) is 11.8. The molecule has 0 saturated heterocycles. The molecule has 8 nitrogen and oxygen atoms in total. The van der Waals surface area contributed by atoms with Crippen LogP contribution in [-0.2, 0) is 16.4 Å². The van der Waals surface area contributed by atoms with Crippen LogP contribution in [0.1, 0.15) is 30.0 Å². The van der Waals surface area contributed by atoms with Crippen LogP contribution in [0, 0.1) is 0 Å². The quantitative estimate of drug-likeness (QED) is 0.523. The van der Waals surface area contributed by atoms with Crippen LogP contribution in [0.25, 0.3) is 0 Å². The first-order chi connectivity index (χ1) is 8.91. The molecular weight excluding hydrogens is 270 g/mol. The average molecular weight is 289 g/mol. The van der Waals surface area contributed by atoms with Gasteiger partial charge in [0.25, 0.3) is 5.91 Å². The van der Waals surface area contributed by atoms with Crippen LogP contribution < -0.4 is 15.8 Å². The first kappa shape index (κ1) is 15.4. The summed E-state index contributed by atoms with van der Waals surface area (Å²) in [7, 11) is -3.34. The summed E-state index contributed by atoms with van der Waals surface area (Å²) in [6.45, 7) is 3.89. The van der Waals surface area contributed by atoms with Gasteiger partial charge in [-0.25, -0.2) is 13.1 Å². The predicted molar refractivity (Wildman–Crippen MR) is 72.2 cm³/mol. The highest BCUT2D eigenvalue weighted by Crippen LogP contribution is 2.13. The molecule has 108 valence electrons. The minimum absolute atomic E-state index is 0.00191. The Balaban J connectivity index is 2.54. The Bertz CT molecular complexity index is 537. The van der Waals surface area contributed by atoms with Crippen molar-refractivity contribution in [2.75, 3.05) is 24.6 Å². The van der Waals surface area contributed by atoms with Gasteiger partial charge in [0, 0.05) is 13.1 Å². The lowest BCUT2D eigenvalue weighted by Gasteiger charge is -2.05. The van der Waals surface area contributed by atoms with Crippen LogP contribution in [0.4, 0.5) is 5.69 Å². The van der Waals surface area contributed by atoms with Crippen LogP contribution in [-0.4, -0.2) is 43.4 Å². The van der Waals surface area contributed by atoms with Gasteiger partial charge in [-0.05, 0) is 6.42 Å². The number of nitrogens with two attached hydrogens (primary N) is 1. The second kappa shape index (κ2) is 6.53. The van der Waals surface area contributed by atoms with Gasteiger partial charge in [0.2, 0.25) is 10.0 Å². The number of anilines is 1. The molecular formula is C10H19N5O3S. The number of amides is 1. The van der Waals surface area contributed by atoms with Gasteiger partial charge in [-0.3, -0.25) is 9.89 Å². The smallest absolute Gasteiger partial charge is 0.273 e. The Labute approximate surface area is 112 Å². The molecule has 0 spiro atoms. The standard InChI is InChI=1S/C10H19N5O3S/c1-3-7-8(11)9(15-14-7)10(16)12-5-6-19(17,18)13-4-2/h13H,3-6,11H2,1-2H3,(H,12,16)(H,14,15). The fraction of sp³-hybridized carbons (Fsp3) is 0.600. The fourth-order valence-corrected chi connectivity index (χ4v) is 2.46. The minimum Gasteiger partial charge on any atom is -0.395 e. The maximum Gasteiger partial charge on any atom is 0.273 e. The molecule has 0 aliphatic rings. The van der Waals surface area contributed by atoms with Gasteiger partial charge in [-0.1, -0.05) is 13.8 Å². The van der Waals surface area contributed by atoms with Gasteiger partial charge in [0.1, 0.15) is 0 Å². The molecule has 0 atom stereocenters. The van der Waals surface area contributed by atoms with E-state index >= 15 is 0 Å². The number of aromatic amines is 1. The van der Waals surface area contributed by atoms with Gasteiger partial charge < -0.3 is 11.1 Å². The van der Waals surface area contributed by atoms with Gasteiger partial charge >= 0.3 is 0 Å². The summed E-state index contributed by atoms with van der Waals surface area (Å²) in [6.07, 6.45) is 0.640. The van der Waals surface area contributed by atoms with Crippen molar-refractivity contribution in [3.8, 4) is 0 Å². The summed E-state index contributed by atoms with van der Waals surface area (Å²) in [5, 5.41) is 8.95. The minimum atomic E-state index is -3.34. The van der Waals surface area contributed by atoms with Crippen molar-refractivity contribution in [2.24, 2.45) is 0 Å². The third-order valence-corrected chi connectivity index (χ3v) is 3.94. The molecule has 1 rings (SSSR count). The highest BCUT2D eigenvalue weighted by molar-refractivity contribution is 7.89. The molecule has 0 saturated carbocycles. The second-order valence-corrected chi connectivity index (χ2v) is 5.82. The maximum atomic E-state index is 11.7. The first-order valence-corrected chi connectivity index (χ1v) is 7.64. The van der Waals surface area contributed by atoms with E-state index in [1.165, 1.54) is 0 Å². The van der Waals surface area contributed by atoms with Crippen molar-refractivity contribution in [3.63, 3.8) is 0 Å².